The molecule has 1 unspecified atom stereocenters. The van der Waals surface area contributed by atoms with Crippen LogP contribution in [0, 0.1) is 19.8 Å². The van der Waals surface area contributed by atoms with E-state index in [1.165, 1.54) is 34.7 Å². The first-order valence-electron chi connectivity index (χ1n) is 7.05. The third-order valence-electron chi connectivity index (χ3n) is 3.89. The van der Waals surface area contributed by atoms with E-state index in [-0.39, 0.29) is 0 Å². The highest BCUT2D eigenvalue weighted by atomic mass is 32.1. The summed E-state index contributed by atoms with van der Waals surface area (Å²) in [4.78, 5) is 5.44. The molecule has 1 aliphatic carbocycles. The van der Waals surface area contributed by atoms with Crippen LogP contribution in [0.1, 0.15) is 48.0 Å². The molecule has 3 heteroatoms. The number of thiophene rings is 1. The number of hydrogen-bond donors (Lipinski definition) is 1. The maximum absolute atomic E-state index is 6.08. The fourth-order valence-corrected chi connectivity index (χ4v) is 3.70. The van der Waals surface area contributed by atoms with Crippen molar-refractivity contribution in [2.75, 3.05) is 13.1 Å². The van der Waals surface area contributed by atoms with E-state index in [1.54, 1.807) is 0 Å². The van der Waals surface area contributed by atoms with Crippen molar-refractivity contribution in [3.8, 4) is 0 Å². The van der Waals surface area contributed by atoms with E-state index in [4.69, 9.17) is 5.73 Å². The molecule has 0 spiro atoms. The Kier molecular flexibility index (Phi) is 4.46. The Labute approximate surface area is 115 Å². The fourth-order valence-electron chi connectivity index (χ4n) is 2.72. The van der Waals surface area contributed by atoms with Gasteiger partial charge < -0.3 is 5.73 Å². The standard InChI is InChI=1S/C15H26N2S/c1-10(2)17(9-13-5-6-13)15(8-16)14-7-11(3)18-12(14)4/h7,10,13,15H,5-6,8-9,16H2,1-4H3. The van der Waals surface area contributed by atoms with Gasteiger partial charge in [-0.15, -0.1) is 11.3 Å². The average molecular weight is 266 g/mol. The first-order chi connectivity index (χ1) is 8.52. The zero-order chi connectivity index (χ0) is 13.3. The summed E-state index contributed by atoms with van der Waals surface area (Å²) in [6.45, 7) is 10.9. The van der Waals surface area contributed by atoms with Gasteiger partial charge in [-0.1, -0.05) is 0 Å². The molecule has 2 nitrogen and oxygen atoms in total. The van der Waals surface area contributed by atoms with Crippen molar-refractivity contribution >= 4 is 11.3 Å². The van der Waals surface area contributed by atoms with Crippen molar-refractivity contribution < 1.29 is 0 Å². The summed E-state index contributed by atoms with van der Waals surface area (Å²) < 4.78 is 0. The lowest BCUT2D eigenvalue weighted by Gasteiger charge is -2.34. The molecule has 2 rings (SSSR count). The molecule has 0 radical (unpaired) electrons. The lowest BCUT2D eigenvalue weighted by Crippen LogP contribution is -2.40. The van der Waals surface area contributed by atoms with E-state index in [0.717, 1.165) is 12.5 Å². The number of aryl methyl sites for hydroxylation is 2. The van der Waals surface area contributed by atoms with Crippen molar-refractivity contribution in [2.45, 2.75) is 52.6 Å². The van der Waals surface area contributed by atoms with Crippen molar-refractivity contribution in [2.24, 2.45) is 11.7 Å². The van der Waals surface area contributed by atoms with E-state index >= 15 is 0 Å². The van der Waals surface area contributed by atoms with Gasteiger partial charge in [0.2, 0.25) is 0 Å². The third kappa shape index (κ3) is 3.14. The zero-order valence-electron chi connectivity index (χ0n) is 12.1. The van der Waals surface area contributed by atoms with Gasteiger partial charge in [-0.2, -0.15) is 0 Å². The maximum atomic E-state index is 6.08. The highest BCUT2D eigenvalue weighted by molar-refractivity contribution is 7.12. The first-order valence-corrected chi connectivity index (χ1v) is 7.87. The van der Waals surface area contributed by atoms with Gasteiger partial charge in [-0.3, -0.25) is 4.90 Å². The maximum Gasteiger partial charge on any atom is 0.0484 e. The van der Waals surface area contributed by atoms with Gasteiger partial charge in [0.25, 0.3) is 0 Å². The second-order valence-corrected chi connectivity index (χ2v) is 7.31. The molecular weight excluding hydrogens is 240 g/mol. The van der Waals surface area contributed by atoms with Gasteiger partial charge in [0.15, 0.2) is 0 Å². The molecule has 0 saturated heterocycles. The minimum atomic E-state index is 0.399. The smallest absolute Gasteiger partial charge is 0.0484 e. The Morgan fingerprint density at radius 2 is 2.06 bits per heavy atom. The summed E-state index contributed by atoms with van der Waals surface area (Å²) in [5.41, 5.74) is 7.53. The second kappa shape index (κ2) is 5.72. The number of nitrogens with two attached hydrogens (primary N) is 1. The summed E-state index contributed by atoms with van der Waals surface area (Å²) in [5.74, 6) is 0.918. The average Bonchev–Trinajstić information content (AvgIpc) is 3.04. The van der Waals surface area contributed by atoms with Gasteiger partial charge in [0, 0.05) is 34.9 Å². The summed E-state index contributed by atoms with van der Waals surface area (Å²) in [6, 6.07) is 3.30. The summed E-state index contributed by atoms with van der Waals surface area (Å²) in [6.07, 6.45) is 2.81. The second-order valence-electron chi connectivity index (χ2n) is 5.85. The summed E-state index contributed by atoms with van der Waals surface area (Å²) >= 11 is 1.89. The first kappa shape index (κ1) is 14.0. The van der Waals surface area contributed by atoms with E-state index in [1.807, 2.05) is 11.3 Å². The molecule has 0 amide bonds. The van der Waals surface area contributed by atoms with Crippen LogP contribution < -0.4 is 5.73 Å². The Hall–Kier alpha value is -0.380. The minimum Gasteiger partial charge on any atom is -0.329 e. The van der Waals surface area contributed by atoms with Gasteiger partial charge in [0.1, 0.15) is 0 Å². The molecule has 0 bridgehead atoms. The van der Waals surface area contributed by atoms with E-state index in [0.29, 0.717) is 12.1 Å². The van der Waals surface area contributed by atoms with Crippen LogP contribution in [0.3, 0.4) is 0 Å². The molecule has 0 aliphatic heterocycles. The Morgan fingerprint density at radius 1 is 1.39 bits per heavy atom. The lowest BCUT2D eigenvalue weighted by molar-refractivity contribution is 0.149. The molecule has 1 fully saturated rings. The predicted molar refractivity (Wildman–Crippen MR) is 80.2 cm³/mol. The molecule has 1 heterocycles. The molecule has 2 N–H and O–H groups in total. The van der Waals surface area contributed by atoms with Crippen LogP contribution in [0.4, 0.5) is 0 Å². The highest BCUT2D eigenvalue weighted by Crippen LogP contribution is 2.36. The molecule has 1 saturated carbocycles. The SMILES string of the molecule is Cc1cc(C(CN)N(CC2CC2)C(C)C)c(C)s1. The van der Waals surface area contributed by atoms with E-state index < -0.39 is 0 Å². The van der Waals surface area contributed by atoms with Crippen LogP contribution in [0.15, 0.2) is 6.07 Å². The van der Waals surface area contributed by atoms with Crippen molar-refractivity contribution in [3.05, 3.63) is 21.4 Å². The van der Waals surface area contributed by atoms with Crippen LogP contribution in [-0.2, 0) is 0 Å². The molecule has 102 valence electrons. The monoisotopic (exact) mass is 266 g/mol. The quantitative estimate of drug-likeness (QED) is 0.854. The van der Waals surface area contributed by atoms with Crippen molar-refractivity contribution in [1.29, 1.82) is 0 Å². The van der Waals surface area contributed by atoms with Gasteiger partial charge in [-0.05, 0) is 58.1 Å². The van der Waals surface area contributed by atoms with Gasteiger partial charge in [-0.25, -0.2) is 0 Å². The largest absolute Gasteiger partial charge is 0.329 e. The van der Waals surface area contributed by atoms with E-state index in [9.17, 15) is 0 Å². The molecule has 0 aromatic carbocycles. The Bertz CT molecular complexity index is 393. The molecule has 1 atom stereocenters. The van der Waals surface area contributed by atoms with Gasteiger partial charge >= 0.3 is 0 Å². The zero-order valence-corrected chi connectivity index (χ0v) is 12.9. The van der Waals surface area contributed by atoms with Crippen molar-refractivity contribution in [1.82, 2.24) is 4.90 Å². The summed E-state index contributed by atoms with van der Waals surface area (Å²) in [7, 11) is 0. The molecule has 1 aromatic heterocycles. The Balaban J connectivity index is 2.20. The summed E-state index contributed by atoms with van der Waals surface area (Å²) in [5, 5.41) is 0. The number of rotatable bonds is 6. The minimum absolute atomic E-state index is 0.399. The lowest BCUT2D eigenvalue weighted by atomic mass is 10.0. The molecule has 1 aromatic rings. The van der Waals surface area contributed by atoms with Crippen LogP contribution in [0.5, 0.6) is 0 Å². The highest BCUT2D eigenvalue weighted by Gasteiger charge is 2.30. The van der Waals surface area contributed by atoms with Crippen LogP contribution >= 0.6 is 11.3 Å². The van der Waals surface area contributed by atoms with Crippen LogP contribution in [0.25, 0.3) is 0 Å². The molecule has 18 heavy (non-hydrogen) atoms. The van der Waals surface area contributed by atoms with E-state index in [2.05, 4.69) is 38.7 Å². The van der Waals surface area contributed by atoms with Crippen LogP contribution in [0.2, 0.25) is 0 Å². The predicted octanol–water partition coefficient (Wildman–Crippen LogP) is 3.49. The molecule has 1 aliphatic rings. The van der Waals surface area contributed by atoms with Crippen LogP contribution in [-0.4, -0.2) is 24.0 Å². The third-order valence-corrected chi connectivity index (χ3v) is 4.87. The number of hydrogen-bond acceptors (Lipinski definition) is 3. The van der Waals surface area contributed by atoms with Crippen molar-refractivity contribution in [3.63, 3.8) is 0 Å². The Morgan fingerprint density at radius 3 is 2.44 bits per heavy atom. The number of nitrogens with zero attached hydrogens (tertiary/aromatic N) is 1. The normalized spacial score (nSPS) is 17.7. The van der Waals surface area contributed by atoms with Gasteiger partial charge in [0.05, 0.1) is 0 Å². The molecular formula is C15H26N2S. The topological polar surface area (TPSA) is 29.3 Å². The fraction of sp³-hybridized carbons (Fsp3) is 0.733.